The molecule has 2 amide bonds. The van der Waals surface area contributed by atoms with Crippen molar-refractivity contribution < 1.29 is 18.0 Å². The van der Waals surface area contributed by atoms with Crippen LogP contribution in [0.4, 0.5) is 11.4 Å². The van der Waals surface area contributed by atoms with Crippen LogP contribution in [0.1, 0.15) is 47.2 Å². The van der Waals surface area contributed by atoms with E-state index in [1.807, 2.05) is 18.7 Å². The van der Waals surface area contributed by atoms with Crippen molar-refractivity contribution in [2.24, 2.45) is 0 Å². The molecule has 0 radical (unpaired) electrons. The fourth-order valence-corrected chi connectivity index (χ4v) is 5.83. The molecule has 1 aliphatic heterocycles. The molecule has 3 aromatic rings. The molecule has 0 aliphatic carbocycles. The van der Waals surface area contributed by atoms with E-state index in [1.54, 1.807) is 72.8 Å². The van der Waals surface area contributed by atoms with Crippen LogP contribution in [-0.4, -0.2) is 44.8 Å². The number of likely N-dealkylation sites (tertiary alicyclic amines) is 1. The third-order valence-corrected chi connectivity index (χ3v) is 8.33. The smallest absolute Gasteiger partial charge is 0.264 e. The Balaban J connectivity index is 1.60. The predicted octanol–water partition coefficient (Wildman–Crippen LogP) is 5.15. The minimum absolute atomic E-state index is 0.100. The standard InChI is InChI=1S/C29H33N3O4S/c1-22-11-15-24(16-12-22)32(37(35,36)25-17-13-23(2)14-18-25)21-28(33)30-27-10-6-5-9-26(27)29(34)31-19-7-3-4-8-20-31/h5-6,9-18H,3-4,7-8,19-21H2,1-2H3,(H,30,33). The molecule has 37 heavy (non-hydrogen) atoms. The molecule has 0 spiro atoms. The normalized spacial score (nSPS) is 14.1. The fraction of sp³-hybridized carbons (Fsp3) is 0.310. The number of sulfonamides is 1. The number of hydrogen-bond acceptors (Lipinski definition) is 4. The molecule has 7 nitrogen and oxygen atoms in total. The van der Waals surface area contributed by atoms with Gasteiger partial charge in [-0.2, -0.15) is 0 Å². The van der Waals surface area contributed by atoms with Crippen molar-refractivity contribution in [2.45, 2.75) is 44.4 Å². The minimum Gasteiger partial charge on any atom is -0.339 e. The summed E-state index contributed by atoms with van der Waals surface area (Å²) in [5.41, 5.74) is 3.07. The lowest BCUT2D eigenvalue weighted by Crippen LogP contribution is -2.38. The van der Waals surface area contributed by atoms with Gasteiger partial charge in [-0.25, -0.2) is 8.42 Å². The molecule has 0 bridgehead atoms. The van der Waals surface area contributed by atoms with Gasteiger partial charge in [-0.05, 0) is 63.1 Å². The highest BCUT2D eigenvalue weighted by molar-refractivity contribution is 7.92. The molecule has 4 rings (SSSR count). The summed E-state index contributed by atoms with van der Waals surface area (Å²) in [5.74, 6) is -0.659. The molecule has 1 aliphatic rings. The average molecular weight is 520 g/mol. The SMILES string of the molecule is Cc1ccc(N(CC(=O)Nc2ccccc2C(=O)N2CCCCCC2)S(=O)(=O)c2ccc(C)cc2)cc1. The maximum Gasteiger partial charge on any atom is 0.264 e. The summed E-state index contributed by atoms with van der Waals surface area (Å²) in [4.78, 5) is 28.5. The lowest BCUT2D eigenvalue weighted by molar-refractivity contribution is -0.114. The molecular formula is C29H33N3O4S. The number of anilines is 2. The van der Waals surface area contributed by atoms with Gasteiger partial charge in [0.1, 0.15) is 6.54 Å². The first kappa shape index (κ1) is 26.4. The number of nitrogens with one attached hydrogen (secondary N) is 1. The lowest BCUT2D eigenvalue weighted by atomic mass is 10.1. The number of rotatable bonds is 7. The van der Waals surface area contributed by atoms with E-state index in [1.165, 1.54) is 0 Å². The van der Waals surface area contributed by atoms with Gasteiger partial charge in [0.05, 0.1) is 21.8 Å². The van der Waals surface area contributed by atoms with Crippen molar-refractivity contribution in [3.63, 3.8) is 0 Å². The Morgan fingerprint density at radius 2 is 1.38 bits per heavy atom. The third-order valence-electron chi connectivity index (χ3n) is 6.54. The number of carbonyl (C=O) groups excluding carboxylic acids is 2. The van der Waals surface area contributed by atoms with Crippen molar-refractivity contribution in [1.29, 1.82) is 0 Å². The number of amides is 2. The summed E-state index contributed by atoms with van der Waals surface area (Å²) in [6.45, 7) is 4.74. The van der Waals surface area contributed by atoms with Crippen LogP contribution in [0.3, 0.4) is 0 Å². The summed E-state index contributed by atoms with van der Waals surface area (Å²) < 4.78 is 28.3. The van der Waals surface area contributed by atoms with Crippen molar-refractivity contribution in [2.75, 3.05) is 29.3 Å². The first-order valence-electron chi connectivity index (χ1n) is 12.6. The van der Waals surface area contributed by atoms with Gasteiger partial charge in [0.15, 0.2) is 0 Å². The second-order valence-corrected chi connectivity index (χ2v) is 11.3. The molecule has 0 aromatic heterocycles. The van der Waals surface area contributed by atoms with E-state index in [2.05, 4.69) is 5.32 Å². The van der Waals surface area contributed by atoms with E-state index in [0.29, 0.717) is 30.0 Å². The molecular weight excluding hydrogens is 486 g/mol. The van der Waals surface area contributed by atoms with E-state index >= 15 is 0 Å². The highest BCUT2D eigenvalue weighted by atomic mass is 32.2. The molecule has 194 valence electrons. The Labute approximate surface area is 219 Å². The molecule has 0 atom stereocenters. The van der Waals surface area contributed by atoms with E-state index in [-0.39, 0.29) is 10.8 Å². The van der Waals surface area contributed by atoms with E-state index in [4.69, 9.17) is 0 Å². The van der Waals surface area contributed by atoms with E-state index < -0.39 is 22.5 Å². The first-order valence-corrected chi connectivity index (χ1v) is 14.0. The Morgan fingerprint density at radius 3 is 2.00 bits per heavy atom. The molecule has 1 fully saturated rings. The van der Waals surface area contributed by atoms with Crippen LogP contribution in [0.2, 0.25) is 0 Å². The maximum atomic E-state index is 13.6. The van der Waals surface area contributed by atoms with Gasteiger partial charge in [-0.1, -0.05) is 60.4 Å². The monoisotopic (exact) mass is 519 g/mol. The van der Waals surface area contributed by atoms with Crippen molar-refractivity contribution >= 4 is 33.2 Å². The molecule has 1 N–H and O–H groups in total. The maximum absolute atomic E-state index is 13.6. The number of hydrogen-bond donors (Lipinski definition) is 1. The van der Waals surface area contributed by atoms with Gasteiger partial charge >= 0.3 is 0 Å². The van der Waals surface area contributed by atoms with Gasteiger partial charge in [0.25, 0.3) is 15.9 Å². The number of nitrogens with zero attached hydrogens (tertiary/aromatic N) is 2. The Morgan fingerprint density at radius 1 is 0.811 bits per heavy atom. The van der Waals surface area contributed by atoms with Gasteiger partial charge < -0.3 is 10.2 Å². The topological polar surface area (TPSA) is 86.8 Å². The molecule has 8 heteroatoms. The summed E-state index contributed by atoms with van der Waals surface area (Å²) in [6.07, 6.45) is 4.13. The average Bonchev–Trinajstić information content (AvgIpc) is 3.18. The van der Waals surface area contributed by atoms with Crippen LogP contribution in [0.15, 0.2) is 77.7 Å². The molecule has 3 aromatic carbocycles. The number of para-hydroxylation sites is 1. The van der Waals surface area contributed by atoms with Crippen molar-refractivity contribution in [1.82, 2.24) is 4.90 Å². The quantitative estimate of drug-likeness (QED) is 0.468. The molecule has 0 saturated carbocycles. The van der Waals surface area contributed by atoms with Gasteiger partial charge in [0, 0.05) is 13.1 Å². The predicted molar refractivity (Wildman–Crippen MR) is 146 cm³/mol. The minimum atomic E-state index is -4.02. The largest absolute Gasteiger partial charge is 0.339 e. The Hall–Kier alpha value is -3.65. The van der Waals surface area contributed by atoms with Crippen LogP contribution in [0.5, 0.6) is 0 Å². The van der Waals surface area contributed by atoms with Crippen LogP contribution < -0.4 is 9.62 Å². The zero-order valence-corrected chi connectivity index (χ0v) is 22.1. The second kappa shape index (κ2) is 11.6. The zero-order chi connectivity index (χ0) is 26.4. The van der Waals surface area contributed by atoms with E-state index in [0.717, 1.165) is 41.1 Å². The van der Waals surface area contributed by atoms with Crippen LogP contribution in [-0.2, 0) is 14.8 Å². The summed E-state index contributed by atoms with van der Waals surface area (Å²) in [5, 5.41) is 2.80. The Kier molecular flexibility index (Phi) is 8.28. The summed E-state index contributed by atoms with van der Waals surface area (Å²) >= 11 is 0. The fourth-order valence-electron chi connectivity index (χ4n) is 4.41. The first-order chi connectivity index (χ1) is 17.8. The second-order valence-electron chi connectivity index (χ2n) is 9.46. The van der Waals surface area contributed by atoms with Crippen LogP contribution in [0.25, 0.3) is 0 Å². The number of carbonyl (C=O) groups is 2. The van der Waals surface area contributed by atoms with E-state index in [9.17, 15) is 18.0 Å². The Bertz CT molecular complexity index is 1340. The van der Waals surface area contributed by atoms with Gasteiger partial charge in [-0.3, -0.25) is 13.9 Å². The van der Waals surface area contributed by atoms with Crippen LogP contribution in [0, 0.1) is 13.8 Å². The van der Waals surface area contributed by atoms with Crippen molar-refractivity contribution in [3.05, 3.63) is 89.5 Å². The van der Waals surface area contributed by atoms with Gasteiger partial charge in [0.2, 0.25) is 5.91 Å². The molecule has 0 unspecified atom stereocenters. The summed E-state index contributed by atoms with van der Waals surface area (Å²) in [7, 11) is -4.02. The summed E-state index contributed by atoms with van der Waals surface area (Å²) in [6, 6.07) is 20.4. The molecule has 1 heterocycles. The van der Waals surface area contributed by atoms with Gasteiger partial charge in [-0.15, -0.1) is 0 Å². The number of aryl methyl sites for hydroxylation is 2. The molecule has 1 saturated heterocycles. The zero-order valence-electron chi connectivity index (χ0n) is 21.3. The van der Waals surface area contributed by atoms with Crippen molar-refractivity contribution in [3.8, 4) is 0 Å². The highest BCUT2D eigenvalue weighted by Crippen LogP contribution is 2.25. The lowest BCUT2D eigenvalue weighted by Gasteiger charge is -2.25. The number of benzene rings is 3. The highest BCUT2D eigenvalue weighted by Gasteiger charge is 2.28. The third kappa shape index (κ3) is 6.38. The van der Waals surface area contributed by atoms with Crippen LogP contribution >= 0.6 is 0 Å².